The first-order valence-corrected chi connectivity index (χ1v) is 2.97. The van der Waals surface area contributed by atoms with Crippen molar-refractivity contribution in [2.45, 2.75) is 24.6 Å². The van der Waals surface area contributed by atoms with E-state index in [4.69, 9.17) is 23.2 Å². The topological polar surface area (TPSA) is 0 Å². The smallest absolute Gasteiger partial charge is 0.102 e. The first-order valence-electron chi connectivity index (χ1n) is 2.22. The Morgan fingerprint density at radius 1 is 1.57 bits per heavy atom. The third-order valence-electron chi connectivity index (χ3n) is 0.563. The quantitative estimate of drug-likeness (QED) is 0.517. The zero-order valence-corrected chi connectivity index (χ0v) is 6.05. The van der Waals surface area contributed by atoms with Crippen LogP contribution in [0.2, 0.25) is 0 Å². The van der Waals surface area contributed by atoms with Crippen LogP contribution in [0.15, 0.2) is 0 Å². The first-order chi connectivity index (χ1) is 3.06. The Hall–Kier alpha value is 0.580. The summed E-state index contributed by atoms with van der Waals surface area (Å²) in [6, 6.07) is 0. The van der Waals surface area contributed by atoms with Gasteiger partial charge in [0.25, 0.3) is 0 Å². The van der Waals surface area contributed by atoms with Crippen LogP contribution in [0.3, 0.4) is 0 Å². The lowest BCUT2D eigenvalue weighted by molar-refractivity contribution is 0.837. The third-order valence-corrected chi connectivity index (χ3v) is 0.871. The second-order valence-electron chi connectivity index (χ2n) is 1.68. The summed E-state index contributed by atoms with van der Waals surface area (Å²) in [5, 5.41) is 0. The van der Waals surface area contributed by atoms with Gasteiger partial charge in [0.15, 0.2) is 0 Å². The number of halogens is 2. The second kappa shape index (κ2) is 2.78. The van der Waals surface area contributed by atoms with E-state index in [0.717, 1.165) is 6.42 Å². The minimum Gasteiger partial charge on any atom is -0.102 e. The van der Waals surface area contributed by atoms with Crippen molar-refractivity contribution in [3.63, 3.8) is 0 Å². The summed E-state index contributed by atoms with van der Waals surface area (Å²) in [6.07, 6.45) is 2.69. The van der Waals surface area contributed by atoms with E-state index in [0.29, 0.717) is 0 Å². The summed E-state index contributed by atoms with van der Waals surface area (Å²) in [6.45, 7) is 3.71. The molecule has 43 valence electrons. The molecule has 0 heterocycles. The van der Waals surface area contributed by atoms with Gasteiger partial charge >= 0.3 is 0 Å². The molecule has 0 saturated heterocycles. The van der Waals surface area contributed by atoms with E-state index in [-0.39, 0.29) is 0 Å². The van der Waals surface area contributed by atoms with E-state index < -0.39 is 4.33 Å². The largest absolute Gasteiger partial charge is 0.115 e. The molecule has 1 radical (unpaired) electrons. The van der Waals surface area contributed by atoms with E-state index in [2.05, 4.69) is 0 Å². The highest BCUT2D eigenvalue weighted by molar-refractivity contribution is 6.48. The fourth-order valence-electron chi connectivity index (χ4n) is 0.358. The van der Waals surface area contributed by atoms with Crippen molar-refractivity contribution in [2.24, 2.45) is 0 Å². The molecule has 0 aromatic heterocycles. The van der Waals surface area contributed by atoms with Gasteiger partial charge in [-0.05, 0) is 19.8 Å². The second-order valence-corrected chi connectivity index (χ2v) is 3.54. The minimum atomic E-state index is -0.561. The summed E-state index contributed by atoms with van der Waals surface area (Å²) in [5.74, 6) is 0. The van der Waals surface area contributed by atoms with Crippen molar-refractivity contribution in [3.05, 3.63) is 6.42 Å². The molecule has 0 unspecified atom stereocenters. The van der Waals surface area contributed by atoms with Gasteiger partial charge in [0.1, 0.15) is 4.33 Å². The number of hydrogen-bond donors (Lipinski definition) is 0. The normalized spacial score (nSPS) is 12.0. The molecule has 0 fully saturated rings. The molecule has 0 saturated carbocycles. The Balaban J connectivity index is 3.15. The lowest BCUT2D eigenvalue weighted by Crippen LogP contribution is -2.03. The van der Waals surface area contributed by atoms with Gasteiger partial charge in [-0.25, -0.2) is 0 Å². The third kappa shape index (κ3) is 6.58. The van der Waals surface area contributed by atoms with Crippen LogP contribution in [0.1, 0.15) is 20.3 Å². The highest BCUT2D eigenvalue weighted by atomic mass is 35.5. The average molecular weight is 140 g/mol. The molecule has 0 aliphatic heterocycles. The molecule has 0 N–H and O–H groups in total. The van der Waals surface area contributed by atoms with Gasteiger partial charge in [0.2, 0.25) is 0 Å². The molecule has 0 rings (SSSR count). The first kappa shape index (κ1) is 7.58. The highest BCUT2D eigenvalue weighted by Gasteiger charge is 2.13. The lowest BCUT2D eigenvalue weighted by Gasteiger charge is -2.08. The van der Waals surface area contributed by atoms with Gasteiger partial charge in [-0.1, -0.05) is 6.92 Å². The maximum absolute atomic E-state index is 5.57. The van der Waals surface area contributed by atoms with E-state index in [1.165, 1.54) is 0 Å². The molecular weight excluding hydrogens is 131 g/mol. The van der Waals surface area contributed by atoms with Crippen LogP contribution >= 0.6 is 23.2 Å². The molecule has 0 aliphatic rings. The zero-order chi connectivity index (χ0) is 5.91. The maximum Gasteiger partial charge on any atom is 0.115 e. The summed E-state index contributed by atoms with van der Waals surface area (Å²) >= 11 is 11.1. The van der Waals surface area contributed by atoms with Crippen LogP contribution in [0.25, 0.3) is 0 Å². The summed E-state index contributed by atoms with van der Waals surface area (Å²) in [7, 11) is 0. The Labute approximate surface area is 54.8 Å². The van der Waals surface area contributed by atoms with Crippen molar-refractivity contribution in [1.82, 2.24) is 0 Å². The number of rotatable bonds is 2. The van der Waals surface area contributed by atoms with Crippen LogP contribution in [-0.4, -0.2) is 4.33 Å². The van der Waals surface area contributed by atoms with E-state index >= 15 is 0 Å². The molecule has 2 heteroatoms. The molecule has 0 aromatic rings. The molecule has 0 atom stereocenters. The van der Waals surface area contributed by atoms with Crippen molar-refractivity contribution in [1.29, 1.82) is 0 Å². The van der Waals surface area contributed by atoms with Gasteiger partial charge in [-0.2, -0.15) is 0 Å². The molecule has 0 aliphatic carbocycles. The van der Waals surface area contributed by atoms with Crippen LogP contribution in [0.4, 0.5) is 0 Å². The Bertz CT molecular complexity index is 44.5. The number of alkyl halides is 2. The monoisotopic (exact) mass is 139 g/mol. The van der Waals surface area contributed by atoms with Crippen molar-refractivity contribution >= 4 is 23.2 Å². The molecular formula is C5H9Cl2. The number of hydrogen-bond acceptors (Lipinski definition) is 0. The summed E-state index contributed by atoms with van der Waals surface area (Å²) in [4.78, 5) is 0. The fourth-order valence-corrected chi connectivity index (χ4v) is 0.667. The van der Waals surface area contributed by atoms with Gasteiger partial charge in [0, 0.05) is 0 Å². The van der Waals surface area contributed by atoms with E-state index in [9.17, 15) is 0 Å². The summed E-state index contributed by atoms with van der Waals surface area (Å²) < 4.78 is -0.561. The van der Waals surface area contributed by atoms with Gasteiger partial charge < -0.3 is 0 Å². The Kier molecular flexibility index (Phi) is 3.01. The average Bonchev–Trinajstić information content (AvgIpc) is 1.30. The van der Waals surface area contributed by atoms with Crippen LogP contribution in [0.5, 0.6) is 0 Å². The maximum atomic E-state index is 5.57. The predicted molar refractivity (Wildman–Crippen MR) is 34.7 cm³/mol. The van der Waals surface area contributed by atoms with Crippen molar-refractivity contribution in [3.8, 4) is 0 Å². The lowest BCUT2D eigenvalue weighted by atomic mass is 10.3. The summed E-state index contributed by atoms with van der Waals surface area (Å²) in [5.41, 5.74) is 0. The SMILES string of the molecule is C[CH]CC(C)(Cl)Cl. The molecule has 0 spiro atoms. The molecule has 0 nitrogen and oxygen atoms in total. The van der Waals surface area contributed by atoms with E-state index in [1.807, 2.05) is 13.3 Å². The zero-order valence-electron chi connectivity index (χ0n) is 4.54. The van der Waals surface area contributed by atoms with Crippen LogP contribution < -0.4 is 0 Å². The molecule has 7 heavy (non-hydrogen) atoms. The molecule has 0 aromatic carbocycles. The Morgan fingerprint density at radius 2 is 2.00 bits per heavy atom. The predicted octanol–water partition coefficient (Wildman–Crippen LogP) is 2.79. The van der Waals surface area contributed by atoms with E-state index in [1.54, 1.807) is 6.92 Å². The van der Waals surface area contributed by atoms with Crippen molar-refractivity contribution < 1.29 is 0 Å². The fraction of sp³-hybridized carbons (Fsp3) is 0.800. The van der Waals surface area contributed by atoms with Crippen LogP contribution in [0, 0.1) is 6.42 Å². The van der Waals surface area contributed by atoms with Gasteiger partial charge in [0.05, 0.1) is 0 Å². The van der Waals surface area contributed by atoms with Crippen molar-refractivity contribution in [2.75, 3.05) is 0 Å². The molecule has 0 amide bonds. The Morgan fingerprint density at radius 3 is 2.00 bits per heavy atom. The van der Waals surface area contributed by atoms with Gasteiger partial charge in [-0.3, -0.25) is 0 Å². The van der Waals surface area contributed by atoms with Crippen LogP contribution in [-0.2, 0) is 0 Å². The molecule has 0 bridgehead atoms. The highest BCUT2D eigenvalue weighted by Crippen LogP contribution is 2.24. The standard InChI is InChI=1S/C5H9Cl2/c1-3-4-5(2,6)7/h3H,4H2,1-2H3. The van der Waals surface area contributed by atoms with Gasteiger partial charge in [-0.15, -0.1) is 23.2 Å². The minimum absolute atomic E-state index is 0.561.